The predicted octanol–water partition coefficient (Wildman–Crippen LogP) is 2.56. The van der Waals surface area contributed by atoms with Crippen LogP contribution in [0.1, 0.15) is 11.1 Å². The standard InChI is InChI=1S/C14H9O2/c1-16-14(15)12-8-10-6-2-4-9-5-3-7-11(12)13(9)10/h2-7H,1H3. The van der Waals surface area contributed by atoms with Crippen molar-refractivity contribution in [3.63, 3.8) is 0 Å². The highest BCUT2D eigenvalue weighted by molar-refractivity contribution is 6.23. The number of hydrogen-bond donors (Lipinski definition) is 0. The highest BCUT2D eigenvalue weighted by Gasteiger charge is 2.22. The molecule has 0 spiro atoms. The van der Waals surface area contributed by atoms with Gasteiger partial charge in [0.25, 0.3) is 0 Å². The summed E-state index contributed by atoms with van der Waals surface area (Å²) in [5.41, 5.74) is 2.41. The summed E-state index contributed by atoms with van der Waals surface area (Å²) in [6.07, 6.45) is 3.10. The molecule has 1 aliphatic rings. The molecular formula is C14H9O2. The highest BCUT2D eigenvalue weighted by Crippen LogP contribution is 2.35. The van der Waals surface area contributed by atoms with Gasteiger partial charge >= 0.3 is 5.97 Å². The Balaban J connectivity index is 2.34. The lowest BCUT2D eigenvalue weighted by molar-refractivity contribution is -0.133. The van der Waals surface area contributed by atoms with Crippen LogP contribution in [0, 0.1) is 6.08 Å². The highest BCUT2D eigenvalue weighted by atomic mass is 16.5. The first kappa shape index (κ1) is 9.16. The number of carbonyl (C=O) groups excluding carboxylic acids is 1. The third-order valence-corrected chi connectivity index (χ3v) is 2.82. The number of carbonyl (C=O) groups is 1. The maximum absolute atomic E-state index is 11.6. The van der Waals surface area contributed by atoms with Gasteiger partial charge in [-0.1, -0.05) is 36.4 Å². The summed E-state index contributed by atoms with van der Waals surface area (Å²) in [6, 6.07) is 11.9. The van der Waals surface area contributed by atoms with E-state index in [4.69, 9.17) is 4.74 Å². The Morgan fingerprint density at radius 2 is 1.94 bits per heavy atom. The molecule has 1 radical (unpaired) electrons. The van der Waals surface area contributed by atoms with Crippen LogP contribution in [0.15, 0.2) is 36.4 Å². The minimum Gasteiger partial charge on any atom is -0.465 e. The van der Waals surface area contributed by atoms with Gasteiger partial charge in [-0.25, -0.2) is 4.79 Å². The second-order valence-electron chi connectivity index (χ2n) is 3.70. The SMILES string of the molecule is COC(=O)C1=[C]c2cccc3cccc1c23. The normalized spacial score (nSPS) is 12.7. The quantitative estimate of drug-likeness (QED) is 0.675. The van der Waals surface area contributed by atoms with E-state index in [1.807, 2.05) is 36.4 Å². The zero-order valence-electron chi connectivity index (χ0n) is 8.78. The molecule has 0 heterocycles. The van der Waals surface area contributed by atoms with Crippen LogP contribution in [0.3, 0.4) is 0 Å². The number of hydrogen-bond acceptors (Lipinski definition) is 2. The van der Waals surface area contributed by atoms with Crippen molar-refractivity contribution in [3.05, 3.63) is 53.6 Å². The number of rotatable bonds is 1. The monoisotopic (exact) mass is 209 g/mol. The zero-order chi connectivity index (χ0) is 11.1. The van der Waals surface area contributed by atoms with Crippen LogP contribution in [0.2, 0.25) is 0 Å². The second kappa shape index (κ2) is 3.20. The molecule has 3 rings (SSSR count). The fourth-order valence-electron chi connectivity index (χ4n) is 2.12. The van der Waals surface area contributed by atoms with E-state index in [0.29, 0.717) is 5.57 Å². The fraction of sp³-hybridized carbons (Fsp3) is 0.0714. The Kier molecular flexibility index (Phi) is 1.83. The van der Waals surface area contributed by atoms with Crippen LogP contribution < -0.4 is 0 Å². The van der Waals surface area contributed by atoms with Crippen molar-refractivity contribution in [2.45, 2.75) is 0 Å². The first-order chi connectivity index (χ1) is 7.81. The minimum atomic E-state index is -0.330. The second-order valence-corrected chi connectivity index (χ2v) is 3.70. The number of benzene rings is 2. The van der Waals surface area contributed by atoms with Crippen molar-refractivity contribution in [2.75, 3.05) is 7.11 Å². The summed E-state index contributed by atoms with van der Waals surface area (Å²) in [7, 11) is 1.39. The smallest absolute Gasteiger partial charge is 0.339 e. The van der Waals surface area contributed by atoms with E-state index in [2.05, 4.69) is 6.08 Å². The summed E-state index contributed by atoms with van der Waals surface area (Å²) in [5, 5.41) is 2.21. The van der Waals surface area contributed by atoms with E-state index in [1.54, 1.807) is 0 Å². The van der Waals surface area contributed by atoms with Crippen molar-refractivity contribution in [1.29, 1.82) is 0 Å². The molecule has 2 nitrogen and oxygen atoms in total. The van der Waals surface area contributed by atoms with Crippen LogP contribution in [-0.2, 0) is 9.53 Å². The Labute approximate surface area is 93.2 Å². The molecule has 1 aliphatic carbocycles. The molecule has 2 aromatic rings. The Morgan fingerprint density at radius 3 is 2.69 bits per heavy atom. The van der Waals surface area contributed by atoms with Crippen molar-refractivity contribution in [3.8, 4) is 0 Å². The Morgan fingerprint density at radius 1 is 1.19 bits per heavy atom. The summed E-state index contributed by atoms with van der Waals surface area (Å²) < 4.78 is 4.76. The van der Waals surface area contributed by atoms with Crippen molar-refractivity contribution in [2.24, 2.45) is 0 Å². The summed E-state index contributed by atoms with van der Waals surface area (Å²) in [6.45, 7) is 0. The van der Waals surface area contributed by atoms with E-state index in [1.165, 1.54) is 7.11 Å². The summed E-state index contributed by atoms with van der Waals surface area (Å²) >= 11 is 0. The van der Waals surface area contributed by atoms with Gasteiger partial charge < -0.3 is 4.74 Å². The molecule has 0 unspecified atom stereocenters. The molecule has 77 valence electrons. The average molecular weight is 209 g/mol. The van der Waals surface area contributed by atoms with Crippen LogP contribution in [0.25, 0.3) is 16.3 Å². The molecular weight excluding hydrogens is 200 g/mol. The molecule has 0 atom stereocenters. The lowest BCUT2D eigenvalue weighted by Crippen LogP contribution is -2.02. The minimum absolute atomic E-state index is 0.330. The van der Waals surface area contributed by atoms with Gasteiger partial charge in [0, 0.05) is 6.08 Å². The fourth-order valence-corrected chi connectivity index (χ4v) is 2.12. The predicted molar refractivity (Wildman–Crippen MR) is 61.7 cm³/mol. The summed E-state index contributed by atoms with van der Waals surface area (Å²) in [5.74, 6) is -0.330. The Bertz CT molecular complexity index is 618. The van der Waals surface area contributed by atoms with Crippen LogP contribution in [-0.4, -0.2) is 13.1 Å². The zero-order valence-corrected chi connectivity index (χ0v) is 8.78. The molecule has 0 saturated heterocycles. The molecule has 0 bridgehead atoms. The van der Waals surface area contributed by atoms with Gasteiger partial charge in [0.15, 0.2) is 0 Å². The lowest BCUT2D eigenvalue weighted by Gasteiger charge is -2.03. The number of methoxy groups -OCH3 is 1. The Hall–Kier alpha value is -2.09. The molecule has 0 N–H and O–H groups in total. The van der Waals surface area contributed by atoms with Crippen molar-refractivity contribution in [1.82, 2.24) is 0 Å². The maximum Gasteiger partial charge on any atom is 0.339 e. The van der Waals surface area contributed by atoms with Gasteiger partial charge in [-0.15, -0.1) is 0 Å². The largest absolute Gasteiger partial charge is 0.465 e. The van der Waals surface area contributed by atoms with Gasteiger partial charge in [-0.2, -0.15) is 0 Å². The first-order valence-corrected chi connectivity index (χ1v) is 5.05. The van der Waals surface area contributed by atoms with E-state index in [9.17, 15) is 4.79 Å². The molecule has 2 heteroatoms. The molecule has 0 fully saturated rings. The molecule has 0 aliphatic heterocycles. The molecule has 0 saturated carbocycles. The molecule has 0 amide bonds. The molecule has 0 aromatic heterocycles. The van der Waals surface area contributed by atoms with E-state index in [-0.39, 0.29) is 5.97 Å². The van der Waals surface area contributed by atoms with E-state index in [0.717, 1.165) is 21.9 Å². The number of ether oxygens (including phenoxy) is 1. The third kappa shape index (κ3) is 1.10. The van der Waals surface area contributed by atoms with E-state index < -0.39 is 0 Å². The lowest BCUT2D eigenvalue weighted by atomic mass is 10.0. The molecule has 2 aromatic carbocycles. The van der Waals surface area contributed by atoms with Crippen LogP contribution in [0.4, 0.5) is 0 Å². The maximum atomic E-state index is 11.6. The first-order valence-electron chi connectivity index (χ1n) is 5.05. The van der Waals surface area contributed by atoms with Gasteiger partial charge in [-0.3, -0.25) is 0 Å². The van der Waals surface area contributed by atoms with Gasteiger partial charge in [-0.05, 0) is 21.9 Å². The van der Waals surface area contributed by atoms with Gasteiger partial charge in [0.2, 0.25) is 0 Å². The molecule has 16 heavy (non-hydrogen) atoms. The third-order valence-electron chi connectivity index (χ3n) is 2.82. The van der Waals surface area contributed by atoms with Crippen LogP contribution in [0.5, 0.6) is 0 Å². The van der Waals surface area contributed by atoms with Crippen molar-refractivity contribution >= 4 is 22.3 Å². The summed E-state index contributed by atoms with van der Waals surface area (Å²) in [4.78, 5) is 11.6. The van der Waals surface area contributed by atoms with E-state index >= 15 is 0 Å². The van der Waals surface area contributed by atoms with Crippen LogP contribution >= 0.6 is 0 Å². The van der Waals surface area contributed by atoms with Gasteiger partial charge in [0.1, 0.15) is 0 Å². The van der Waals surface area contributed by atoms with Gasteiger partial charge in [0.05, 0.1) is 12.7 Å². The van der Waals surface area contributed by atoms with Crippen molar-refractivity contribution < 1.29 is 9.53 Å². The topological polar surface area (TPSA) is 26.3 Å². The number of esters is 1. The average Bonchev–Trinajstić information content (AvgIpc) is 2.70.